The zero-order chi connectivity index (χ0) is 19.7. The van der Waals surface area contributed by atoms with Gasteiger partial charge >= 0.3 is 0 Å². The normalized spacial score (nSPS) is 16.7. The van der Waals surface area contributed by atoms with E-state index in [1.54, 1.807) is 6.07 Å². The van der Waals surface area contributed by atoms with Gasteiger partial charge in [-0.15, -0.1) is 0 Å². The van der Waals surface area contributed by atoms with Crippen LogP contribution < -0.4 is 10.6 Å². The average molecular weight is 392 g/mol. The van der Waals surface area contributed by atoms with Crippen LogP contribution in [-0.2, 0) is 16.4 Å². The number of guanidine groups is 1. The molecule has 1 aromatic rings. The molecule has 1 aromatic carbocycles. The SMILES string of the molecule is CCNC(=NCc1cccc(C#N)c1)NC1CCN(CCS(C)(=O)=O)CC1. The van der Waals surface area contributed by atoms with E-state index in [0.29, 0.717) is 24.7 Å². The Labute approximate surface area is 162 Å². The van der Waals surface area contributed by atoms with Crippen LogP contribution in [0.1, 0.15) is 30.9 Å². The van der Waals surface area contributed by atoms with Gasteiger partial charge in [-0.3, -0.25) is 0 Å². The molecule has 1 aliphatic heterocycles. The van der Waals surface area contributed by atoms with Gasteiger partial charge in [-0.05, 0) is 37.5 Å². The summed E-state index contributed by atoms with van der Waals surface area (Å²) in [6.45, 7) is 5.69. The molecule has 0 unspecified atom stereocenters. The summed E-state index contributed by atoms with van der Waals surface area (Å²) in [5, 5.41) is 15.7. The van der Waals surface area contributed by atoms with Crippen molar-refractivity contribution in [2.24, 2.45) is 4.99 Å². The van der Waals surface area contributed by atoms with Crippen molar-refractivity contribution < 1.29 is 8.42 Å². The lowest BCUT2D eigenvalue weighted by Gasteiger charge is -2.32. The van der Waals surface area contributed by atoms with Crippen LogP contribution >= 0.6 is 0 Å². The number of likely N-dealkylation sites (tertiary alicyclic amines) is 1. The second-order valence-electron chi connectivity index (χ2n) is 6.90. The fourth-order valence-corrected chi connectivity index (χ4v) is 3.61. The Morgan fingerprint density at radius 2 is 2.11 bits per heavy atom. The Bertz CT molecular complexity index is 778. The number of hydrogen-bond acceptors (Lipinski definition) is 5. The van der Waals surface area contributed by atoms with Gasteiger partial charge in [0.15, 0.2) is 5.96 Å². The van der Waals surface area contributed by atoms with E-state index in [9.17, 15) is 8.42 Å². The quantitative estimate of drug-likeness (QED) is 0.534. The molecule has 2 N–H and O–H groups in total. The Morgan fingerprint density at radius 3 is 2.74 bits per heavy atom. The lowest BCUT2D eigenvalue weighted by Crippen LogP contribution is -2.49. The monoisotopic (exact) mass is 391 g/mol. The summed E-state index contributed by atoms with van der Waals surface area (Å²) in [6, 6.07) is 9.95. The summed E-state index contributed by atoms with van der Waals surface area (Å²) in [7, 11) is -2.91. The van der Waals surface area contributed by atoms with E-state index in [-0.39, 0.29) is 5.75 Å². The molecule has 1 fully saturated rings. The molecule has 0 spiro atoms. The Morgan fingerprint density at radius 1 is 1.37 bits per heavy atom. The number of aliphatic imine (C=N–C) groups is 1. The van der Waals surface area contributed by atoms with Gasteiger partial charge in [0.05, 0.1) is 23.9 Å². The van der Waals surface area contributed by atoms with Crippen molar-refractivity contribution in [1.82, 2.24) is 15.5 Å². The molecule has 0 saturated carbocycles. The maximum atomic E-state index is 11.3. The largest absolute Gasteiger partial charge is 0.357 e. The highest BCUT2D eigenvalue weighted by molar-refractivity contribution is 7.90. The number of hydrogen-bond donors (Lipinski definition) is 2. The standard InChI is InChI=1S/C19H29N5O2S/c1-3-21-19(22-15-17-6-4-5-16(13-17)14-20)23-18-7-9-24(10-8-18)11-12-27(2,25)26/h4-6,13,18H,3,7-12,15H2,1-2H3,(H2,21,22,23). The van der Waals surface area contributed by atoms with Gasteiger partial charge in [0.25, 0.3) is 0 Å². The van der Waals surface area contributed by atoms with Crippen LogP contribution in [0.25, 0.3) is 0 Å². The van der Waals surface area contributed by atoms with E-state index in [4.69, 9.17) is 5.26 Å². The Hall–Kier alpha value is -2.11. The van der Waals surface area contributed by atoms with Crippen LogP contribution in [0, 0.1) is 11.3 Å². The van der Waals surface area contributed by atoms with Crippen molar-refractivity contribution >= 4 is 15.8 Å². The molecule has 0 radical (unpaired) electrons. The van der Waals surface area contributed by atoms with Gasteiger partial charge in [-0.1, -0.05) is 12.1 Å². The molecule has 0 aromatic heterocycles. The third-order valence-corrected chi connectivity index (χ3v) is 5.45. The van der Waals surface area contributed by atoms with Crippen LogP contribution in [0.2, 0.25) is 0 Å². The van der Waals surface area contributed by atoms with Crippen LogP contribution in [0.3, 0.4) is 0 Å². The highest BCUT2D eigenvalue weighted by Crippen LogP contribution is 2.11. The molecule has 148 valence electrons. The number of nitrogens with zero attached hydrogens (tertiary/aromatic N) is 3. The molecular weight excluding hydrogens is 362 g/mol. The highest BCUT2D eigenvalue weighted by Gasteiger charge is 2.20. The Kier molecular flexibility index (Phi) is 8.07. The van der Waals surface area contributed by atoms with Gasteiger partial charge in [-0.2, -0.15) is 5.26 Å². The summed E-state index contributed by atoms with van der Waals surface area (Å²) in [4.78, 5) is 6.84. The smallest absolute Gasteiger partial charge is 0.191 e. The first-order valence-corrected chi connectivity index (χ1v) is 11.4. The molecule has 0 bridgehead atoms. The topological polar surface area (TPSA) is 97.6 Å². The molecule has 27 heavy (non-hydrogen) atoms. The summed E-state index contributed by atoms with van der Waals surface area (Å²) >= 11 is 0. The third-order valence-electron chi connectivity index (χ3n) is 4.53. The van der Waals surface area contributed by atoms with E-state index in [1.807, 2.05) is 25.1 Å². The summed E-state index contributed by atoms with van der Waals surface area (Å²) < 4.78 is 22.6. The zero-order valence-electron chi connectivity index (χ0n) is 16.1. The number of sulfone groups is 1. The molecule has 8 heteroatoms. The van der Waals surface area contributed by atoms with Crippen molar-refractivity contribution in [2.75, 3.05) is 38.2 Å². The minimum atomic E-state index is -2.91. The second kappa shape index (κ2) is 10.3. The van der Waals surface area contributed by atoms with Crippen molar-refractivity contribution in [3.63, 3.8) is 0 Å². The predicted octanol–water partition coefficient (Wildman–Crippen LogP) is 1.12. The number of nitriles is 1. The first-order valence-electron chi connectivity index (χ1n) is 9.33. The van der Waals surface area contributed by atoms with Crippen LogP contribution in [-0.4, -0.2) is 63.5 Å². The van der Waals surface area contributed by atoms with E-state index in [1.165, 1.54) is 6.26 Å². The fraction of sp³-hybridized carbons (Fsp3) is 0.579. The summed E-state index contributed by atoms with van der Waals surface area (Å²) in [5.41, 5.74) is 1.64. The number of benzene rings is 1. The minimum absolute atomic E-state index is 0.219. The van der Waals surface area contributed by atoms with Gasteiger partial charge in [0.2, 0.25) is 0 Å². The molecule has 1 saturated heterocycles. The van der Waals surface area contributed by atoms with Crippen LogP contribution in [0.4, 0.5) is 0 Å². The van der Waals surface area contributed by atoms with E-state index >= 15 is 0 Å². The average Bonchev–Trinajstić information content (AvgIpc) is 2.65. The first-order chi connectivity index (χ1) is 12.9. The van der Waals surface area contributed by atoms with Gasteiger partial charge in [-0.25, -0.2) is 13.4 Å². The fourth-order valence-electron chi connectivity index (χ4n) is 3.02. The first kappa shape index (κ1) is 21.2. The van der Waals surface area contributed by atoms with Crippen LogP contribution in [0.5, 0.6) is 0 Å². The highest BCUT2D eigenvalue weighted by atomic mass is 32.2. The summed E-state index contributed by atoms with van der Waals surface area (Å²) in [5.74, 6) is 0.992. The lowest BCUT2D eigenvalue weighted by atomic mass is 10.1. The number of rotatable bonds is 7. The van der Waals surface area contributed by atoms with Crippen molar-refractivity contribution in [1.29, 1.82) is 5.26 Å². The van der Waals surface area contributed by atoms with Crippen molar-refractivity contribution in [3.05, 3.63) is 35.4 Å². The van der Waals surface area contributed by atoms with E-state index < -0.39 is 9.84 Å². The molecule has 0 aliphatic carbocycles. The molecule has 7 nitrogen and oxygen atoms in total. The molecule has 2 rings (SSSR count). The van der Waals surface area contributed by atoms with E-state index in [0.717, 1.165) is 44.0 Å². The predicted molar refractivity (Wildman–Crippen MR) is 108 cm³/mol. The van der Waals surface area contributed by atoms with E-state index in [2.05, 4.69) is 26.6 Å². The van der Waals surface area contributed by atoms with Crippen LogP contribution in [0.15, 0.2) is 29.3 Å². The molecule has 1 heterocycles. The molecule has 1 aliphatic rings. The maximum absolute atomic E-state index is 11.3. The minimum Gasteiger partial charge on any atom is -0.357 e. The number of piperidine rings is 1. The van der Waals surface area contributed by atoms with Gasteiger partial charge in [0, 0.05) is 38.5 Å². The molecular formula is C19H29N5O2S. The number of nitrogens with one attached hydrogen (secondary N) is 2. The second-order valence-corrected chi connectivity index (χ2v) is 9.16. The third kappa shape index (κ3) is 7.97. The van der Waals surface area contributed by atoms with Gasteiger partial charge < -0.3 is 15.5 Å². The van der Waals surface area contributed by atoms with Crippen molar-refractivity contribution in [3.8, 4) is 6.07 Å². The maximum Gasteiger partial charge on any atom is 0.191 e. The molecule has 0 amide bonds. The summed E-state index contributed by atoms with van der Waals surface area (Å²) in [6.07, 6.45) is 3.20. The lowest BCUT2D eigenvalue weighted by molar-refractivity contribution is 0.216. The Balaban J connectivity index is 1.86. The molecule has 0 atom stereocenters. The van der Waals surface area contributed by atoms with Crippen molar-refractivity contribution in [2.45, 2.75) is 32.4 Å². The zero-order valence-corrected chi connectivity index (χ0v) is 16.9. The van der Waals surface area contributed by atoms with Gasteiger partial charge in [0.1, 0.15) is 9.84 Å².